The van der Waals surface area contributed by atoms with Crippen LogP contribution in [-0.2, 0) is 6.54 Å². The molecular formula is C15H13BrFNO3. The lowest BCUT2D eigenvalue weighted by molar-refractivity contribution is 0.0697. The van der Waals surface area contributed by atoms with Gasteiger partial charge in [0.15, 0.2) is 0 Å². The number of carboxylic acids is 1. The number of hydrogen-bond donors (Lipinski definition) is 2. The van der Waals surface area contributed by atoms with E-state index in [1.807, 2.05) is 0 Å². The number of rotatable bonds is 5. The third-order valence-corrected chi connectivity index (χ3v) is 3.68. The van der Waals surface area contributed by atoms with Gasteiger partial charge in [0.1, 0.15) is 11.6 Å². The van der Waals surface area contributed by atoms with E-state index in [1.54, 1.807) is 12.1 Å². The predicted octanol–water partition coefficient (Wildman–Crippen LogP) is 3.91. The smallest absolute Gasteiger partial charge is 0.335 e. The predicted molar refractivity (Wildman–Crippen MR) is 81.4 cm³/mol. The number of nitrogens with one attached hydrogen (secondary N) is 1. The SMILES string of the molecule is COc1ccc(F)c(NCc2ccc(C(=O)O)cc2Br)c1. The monoisotopic (exact) mass is 353 g/mol. The van der Waals surface area contributed by atoms with Gasteiger partial charge in [0.2, 0.25) is 0 Å². The molecule has 0 saturated heterocycles. The second-order valence-corrected chi connectivity index (χ2v) is 5.17. The molecule has 0 bridgehead atoms. The first-order valence-corrected chi connectivity index (χ1v) is 6.89. The normalized spacial score (nSPS) is 10.2. The van der Waals surface area contributed by atoms with Gasteiger partial charge in [0.05, 0.1) is 18.4 Å². The molecule has 0 fully saturated rings. The Morgan fingerprint density at radius 1 is 1.33 bits per heavy atom. The molecule has 0 amide bonds. The summed E-state index contributed by atoms with van der Waals surface area (Å²) in [4.78, 5) is 10.9. The van der Waals surface area contributed by atoms with Crippen molar-refractivity contribution in [2.45, 2.75) is 6.54 Å². The van der Waals surface area contributed by atoms with Gasteiger partial charge in [-0.05, 0) is 29.8 Å². The fourth-order valence-electron chi connectivity index (χ4n) is 1.78. The highest BCUT2D eigenvalue weighted by Crippen LogP contribution is 2.24. The number of anilines is 1. The Bertz CT molecular complexity index is 676. The number of methoxy groups -OCH3 is 1. The summed E-state index contributed by atoms with van der Waals surface area (Å²) in [6.07, 6.45) is 0. The first-order valence-electron chi connectivity index (χ1n) is 6.10. The summed E-state index contributed by atoms with van der Waals surface area (Å²) in [5, 5.41) is 11.9. The molecule has 2 rings (SSSR count). The lowest BCUT2D eigenvalue weighted by atomic mass is 10.1. The van der Waals surface area contributed by atoms with E-state index >= 15 is 0 Å². The van der Waals surface area contributed by atoms with E-state index in [9.17, 15) is 9.18 Å². The molecule has 21 heavy (non-hydrogen) atoms. The Balaban J connectivity index is 2.15. The minimum atomic E-state index is -0.992. The van der Waals surface area contributed by atoms with Crippen LogP contribution < -0.4 is 10.1 Å². The zero-order chi connectivity index (χ0) is 15.4. The maximum Gasteiger partial charge on any atom is 0.335 e. The number of ether oxygens (including phenoxy) is 1. The van der Waals surface area contributed by atoms with E-state index in [4.69, 9.17) is 9.84 Å². The molecule has 0 heterocycles. The molecule has 4 nitrogen and oxygen atoms in total. The van der Waals surface area contributed by atoms with Crippen molar-refractivity contribution in [3.63, 3.8) is 0 Å². The maximum atomic E-state index is 13.7. The van der Waals surface area contributed by atoms with E-state index in [0.717, 1.165) is 5.56 Å². The van der Waals surface area contributed by atoms with Gasteiger partial charge in [-0.15, -0.1) is 0 Å². The summed E-state index contributed by atoms with van der Waals surface area (Å²) in [7, 11) is 1.51. The summed E-state index contributed by atoms with van der Waals surface area (Å²) in [6, 6.07) is 9.13. The molecule has 2 N–H and O–H groups in total. The third-order valence-electron chi connectivity index (χ3n) is 2.94. The zero-order valence-corrected chi connectivity index (χ0v) is 12.8. The standard InChI is InChI=1S/C15H13BrFNO3/c1-21-11-4-5-13(17)14(7-11)18-8-10-3-2-9(15(19)20)6-12(10)16/h2-7,18H,8H2,1H3,(H,19,20). The highest BCUT2D eigenvalue weighted by Gasteiger charge is 2.08. The van der Waals surface area contributed by atoms with Crippen molar-refractivity contribution in [3.8, 4) is 5.75 Å². The highest BCUT2D eigenvalue weighted by atomic mass is 79.9. The van der Waals surface area contributed by atoms with E-state index < -0.39 is 5.97 Å². The van der Waals surface area contributed by atoms with Crippen molar-refractivity contribution in [1.29, 1.82) is 0 Å². The van der Waals surface area contributed by atoms with Crippen LogP contribution in [0, 0.1) is 5.82 Å². The fourth-order valence-corrected chi connectivity index (χ4v) is 2.30. The Kier molecular flexibility index (Phi) is 4.80. The quantitative estimate of drug-likeness (QED) is 0.855. The maximum absolute atomic E-state index is 13.7. The summed E-state index contributed by atoms with van der Waals surface area (Å²) < 4.78 is 19.4. The second kappa shape index (κ2) is 6.58. The average Bonchev–Trinajstić information content (AvgIpc) is 2.47. The van der Waals surface area contributed by atoms with Gasteiger partial charge >= 0.3 is 5.97 Å². The summed E-state index contributed by atoms with van der Waals surface area (Å²) in [5.41, 5.74) is 1.34. The van der Waals surface area contributed by atoms with Crippen LogP contribution in [-0.4, -0.2) is 18.2 Å². The first-order chi connectivity index (χ1) is 10.0. The molecule has 0 atom stereocenters. The van der Waals surface area contributed by atoms with Gasteiger partial charge in [-0.2, -0.15) is 0 Å². The summed E-state index contributed by atoms with van der Waals surface area (Å²) in [6.45, 7) is 0.352. The van der Waals surface area contributed by atoms with Crippen molar-refractivity contribution in [2.75, 3.05) is 12.4 Å². The van der Waals surface area contributed by atoms with Crippen LogP contribution >= 0.6 is 15.9 Å². The van der Waals surface area contributed by atoms with E-state index in [2.05, 4.69) is 21.2 Å². The highest BCUT2D eigenvalue weighted by molar-refractivity contribution is 9.10. The van der Waals surface area contributed by atoms with Gasteiger partial charge in [-0.25, -0.2) is 9.18 Å². The van der Waals surface area contributed by atoms with Gasteiger partial charge in [0.25, 0.3) is 0 Å². The number of aromatic carboxylic acids is 1. The number of halogens is 2. The second-order valence-electron chi connectivity index (χ2n) is 4.31. The fraction of sp³-hybridized carbons (Fsp3) is 0.133. The number of benzene rings is 2. The van der Waals surface area contributed by atoms with Crippen LogP contribution in [0.1, 0.15) is 15.9 Å². The number of hydrogen-bond acceptors (Lipinski definition) is 3. The van der Waals surface area contributed by atoms with Gasteiger partial charge < -0.3 is 15.2 Å². The molecule has 0 aliphatic heterocycles. The van der Waals surface area contributed by atoms with Crippen LogP contribution in [0.4, 0.5) is 10.1 Å². The first kappa shape index (κ1) is 15.3. The average molecular weight is 354 g/mol. The van der Waals surface area contributed by atoms with Gasteiger partial charge in [0, 0.05) is 17.1 Å². The van der Waals surface area contributed by atoms with E-state index in [-0.39, 0.29) is 11.4 Å². The molecule has 0 spiro atoms. The van der Waals surface area contributed by atoms with Crippen molar-refractivity contribution < 1.29 is 19.0 Å². The summed E-state index contributed by atoms with van der Waals surface area (Å²) in [5.74, 6) is -0.817. The van der Waals surface area contributed by atoms with Gasteiger partial charge in [-0.3, -0.25) is 0 Å². The topological polar surface area (TPSA) is 58.6 Å². The van der Waals surface area contributed by atoms with Crippen LogP contribution in [0.5, 0.6) is 5.75 Å². The summed E-state index contributed by atoms with van der Waals surface area (Å²) >= 11 is 3.31. The van der Waals surface area contributed by atoms with Crippen LogP contribution in [0.3, 0.4) is 0 Å². The molecule has 0 saturated carbocycles. The van der Waals surface area contributed by atoms with Crippen LogP contribution in [0.15, 0.2) is 40.9 Å². The zero-order valence-electron chi connectivity index (χ0n) is 11.2. The van der Waals surface area contributed by atoms with E-state index in [0.29, 0.717) is 22.5 Å². The van der Waals surface area contributed by atoms with Crippen LogP contribution in [0.2, 0.25) is 0 Å². The van der Waals surface area contributed by atoms with Gasteiger partial charge in [-0.1, -0.05) is 22.0 Å². The molecule has 2 aromatic carbocycles. The molecule has 6 heteroatoms. The molecule has 0 unspecified atom stereocenters. The Hall–Kier alpha value is -2.08. The molecular weight excluding hydrogens is 341 g/mol. The molecule has 2 aromatic rings. The lowest BCUT2D eigenvalue weighted by Gasteiger charge is -2.11. The van der Waals surface area contributed by atoms with Crippen molar-refractivity contribution in [1.82, 2.24) is 0 Å². The minimum absolute atomic E-state index is 0.193. The largest absolute Gasteiger partial charge is 0.497 e. The van der Waals surface area contributed by atoms with Crippen molar-refractivity contribution in [3.05, 3.63) is 57.8 Å². The molecule has 110 valence electrons. The Morgan fingerprint density at radius 2 is 2.10 bits per heavy atom. The minimum Gasteiger partial charge on any atom is -0.497 e. The van der Waals surface area contributed by atoms with Crippen molar-refractivity contribution >= 4 is 27.6 Å². The lowest BCUT2D eigenvalue weighted by Crippen LogP contribution is -2.04. The number of carbonyl (C=O) groups is 1. The Labute approximate surface area is 129 Å². The molecule has 0 aliphatic carbocycles. The van der Waals surface area contributed by atoms with Crippen molar-refractivity contribution in [2.24, 2.45) is 0 Å². The molecule has 0 radical (unpaired) electrons. The van der Waals surface area contributed by atoms with Crippen LogP contribution in [0.25, 0.3) is 0 Å². The number of carboxylic acid groups (broad SMARTS) is 1. The third kappa shape index (κ3) is 3.72. The Morgan fingerprint density at radius 3 is 2.71 bits per heavy atom. The molecule has 0 aromatic heterocycles. The molecule has 0 aliphatic rings. The van der Waals surface area contributed by atoms with E-state index in [1.165, 1.54) is 31.4 Å².